The van der Waals surface area contributed by atoms with Gasteiger partial charge in [-0.2, -0.15) is 16.1 Å². The van der Waals surface area contributed by atoms with Gasteiger partial charge in [0.2, 0.25) is 10.0 Å². The summed E-state index contributed by atoms with van der Waals surface area (Å²) >= 11 is 1.74. The molecule has 1 aromatic rings. The van der Waals surface area contributed by atoms with Gasteiger partial charge in [-0.15, -0.1) is 0 Å². The van der Waals surface area contributed by atoms with E-state index in [1.54, 1.807) is 11.8 Å². The van der Waals surface area contributed by atoms with Crippen molar-refractivity contribution in [2.75, 3.05) is 38.7 Å². The van der Waals surface area contributed by atoms with Crippen molar-refractivity contribution in [2.45, 2.75) is 18.2 Å². The molecule has 0 amide bonds. The number of benzene rings is 1. The molecule has 1 aromatic carbocycles. The number of hydrogen-bond acceptors (Lipinski definition) is 4. The summed E-state index contributed by atoms with van der Waals surface area (Å²) in [5.41, 5.74) is 0.142. The number of likely N-dealkylation sites (N-methyl/N-ethyl adjacent to an activating group) is 1. The van der Waals surface area contributed by atoms with Crippen LogP contribution in [0.1, 0.15) is 12.0 Å². The highest BCUT2D eigenvalue weighted by atomic mass is 32.2. The van der Waals surface area contributed by atoms with Crippen molar-refractivity contribution in [3.05, 3.63) is 35.4 Å². The molecule has 8 heteroatoms. The Morgan fingerprint density at radius 2 is 1.91 bits per heavy atom. The van der Waals surface area contributed by atoms with E-state index in [1.165, 1.54) is 4.31 Å². The van der Waals surface area contributed by atoms with Crippen LogP contribution in [0.25, 0.3) is 0 Å². The molecule has 2 rings (SSSR count). The van der Waals surface area contributed by atoms with Gasteiger partial charge in [0.05, 0.1) is 5.75 Å². The quantitative estimate of drug-likeness (QED) is 0.803. The van der Waals surface area contributed by atoms with Gasteiger partial charge in [-0.3, -0.25) is 0 Å². The lowest BCUT2D eigenvalue weighted by atomic mass is 10.2. The maximum atomic E-state index is 13.3. The molecule has 1 aliphatic heterocycles. The van der Waals surface area contributed by atoms with Crippen molar-refractivity contribution in [1.82, 2.24) is 9.21 Å². The summed E-state index contributed by atoms with van der Waals surface area (Å²) in [4.78, 5) is 1.96. The molecule has 1 fully saturated rings. The number of hydrogen-bond donors (Lipinski definition) is 0. The van der Waals surface area contributed by atoms with Crippen LogP contribution in [-0.2, 0) is 15.8 Å². The first-order valence-corrected chi connectivity index (χ1v) is 10.2. The number of sulfonamides is 1. The fourth-order valence-corrected chi connectivity index (χ4v) is 5.63. The minimum absolute atomic E-state index is 0.124. The van der Waals surface area contributed by atoms with E-state index in [0.29, 0.717) is 13.1 Å². The average Bonchev–Trinajstić information content (AvgIpc) is 2.62. The van der Waals surface area contributed by atoms with E-state index >= 15 is 0 Å². The van der Waals surface area contributed by atoms with Crippen molar-refractivity contribution in [3.8, 4) is 0 Å². The molecule has 0 bridgehead atoms. The number of rotatable bonds is 5. The Labute approximate surface area is 140 Å². The molecule has 0 saturated carbocycles. The van der Waals surface area contributed by atoms with Crippen LogP contribution in [0.5, 0.6) is 0 Å². The summed E-state index contributed by atoms with van der Waals surface area (Å²) in [6.45, 7) is 1.08. The van der Waals surface area contributed by atoms with Crippen LogP contribution in [-0.4, -0.2) is 62.4 Å². The smallest absolute Gasteiger partial charge is 0.218 e. The van der Waals surface area contributed by atoms with Gasteiger partial charge in [-0.05, 0) is 44.0 Å². The highest BCUT2D eigenvalue weighted by Crippen LogP contribution is 2.23. The van der Waals surface area contributed by atoms with Gasteiger partial charge < -0.3 is 4.90 Å². The molecule has 0 N–H and O–H groups in total. The van der Waals surface area contributed by atoms with Crippen LogP contribution in [0.4, 0.5) is 8.78 Å². The van der Waals surface area contributed by atoms with Crippen LogP contribution in [0, 0.1) is 11.6 Å². The van der Waals surface area contributed by atoms with Gasteiger partial charge in [-0.1, -0.05) is 0 Å². The number of halogens is 2. The fourth-order valence-electron chi connectivity index (χ4n) is 2.73. The molecule has 0 spiro atoms. The molecule has 1 aliphatic rings. The molecular formula is C15H22F2N2O2S2. The molecule has 0 aliphatic carbocycles. The van der Waals surface area contributed by atoms with E-state index in [0.717, 1.165) is 36.1 Å². The zero-order valence-electron chi connectivity index (χ0n) is 13.3. The van der Waals surface area contributed by atoms with Crippen molar-refractivity contribution < 1.29 is 17.2 Å². The number of nitrogens with zero attached hydrogens (tertiary/aromatic N) is 2. The molecular weight excluding hydrogens is 342 g/mol. The molecule has 0 radical (unpaired) electrons. The second-order valence-electron chi connectivity index (χ2n) is 5.99. The predicted octanol–water partition coefficient (Wildman–Crippen LogP) is 2.16. The summed E-state index contributed by atoms with van der Waals surface area (Å²) in [5.74, 6) is -0.242. The third kappa shape index (κ3) is 5.41. The van der Waals surface area contributed by atoms with Crippen molar-refractivity contribution >= 4 is 21.8 Å². The van der Waals surface area contributed by atoms with E-state index in [1.807, 2.05) is 19.0 Å². The average molecular weight is 364 g/mol. The van der Waals surface area contributed by atoms with Crippen LogP contribution in [0.2, 0.25) is 0 Å². The number of thioether (sulfide) groups is 1. The standard InChI is InChI=1S/C15H22F2N2O2S2/c1-18(2)9-15-10-22-5-3-4-19(15)23(20,21)11-12-6-13(16)8-14(17)7-12/h6-8,15H,3-5,9-11H2,1-2H3. The maximum absolute atomic E-state index is 13.3. The Hall–Kier alpha value is -0.700. The third-order valence-electron chi connectivity index (χ3n) is 3.59. The SMILES string of the molecule is CN(C)CC1CSCCCN1S(=O)(=O)Cc1cc(F)cc(F)c1. The first-order valence-electron chi connectivity index (χ1n) is 7.45. The Morgan fingerprint density at radius 3 is 2.52 bits per heavy atom. The van der Waals surface area contributed by atoms with Crippen LogP contribution in [0.15, 0.2) is 18.2 Å². The Kier molecular flexibility index (Phi) is 6.41. The predicted molar refractivity (Wildman–Crippen MR) is 90.0 cm³/mol. The summed E-state index contributed by atoms with van der Waals surface area (Å²) in [6.07, 6.45) is 0.783. The molecule has 4 nitrogen and oxygen atoms in total. The maximum Gasteiger partial charge on any atom is 0.218 e. The minimum atomic E-state index is -3.63. The monoisotopic (exact) mass is 364 g/mol. The molecule has 1 atom stereocenters. The lowest BCUT2D eigenvalue weighted by molar-refractivity contribution is 0.271. The first-order chi connectivity index (χ1) is 10.8. The summed E-state index contributed by atoms with van der Waals surface area (Å²) in [7, 11) is 0.182. The van der Waals surface area contributed by atoms with Gasteiger partial charge in [0.15, 0.2) is 0 Å². The summed E-state index contributed by atoms with van der Waals surface area (Å²) in [5, 5.41) is 0. The van der Waals surface area contributed by atoms with Gasteiger partial charge in [0.1, 0.15) is 11.6 Å². The minimum Gasteiger partial charge on any atom is -0.308 e. The van der Waals surface area contributed by atoms with Gasteiger partial charge >= 0.3 is 0 Å². The Morgan fingerprint density at radius 1 is 1.26 bits per heavy atom. The van der Waals surface area contributed by atoms with E-state index in [9.17, 15) is 17.2 Å². The van der Waals surface area contributed by atoms with E-state index in [-0.39, 0.29) is 17.4 Å². The van der Waals surface area contributed by atoms with Gasteiger partial charge in [0, 0.05) is 31.0 Å². The molecule has 1 heterocycles. The zero-order chi connectivity index (χ0) is 17.0. The normalized spacial score (nSPS) is 20.7. The molecule has 23 heavy (non-hydrogen) atoms. The van der Waals surface area contributed by atoms with Crippen molar-refractivity contribution in [2.24, 2.45) is 0 Å². The second-order valence-corrected chi connectivity index (χ2v) is 9.06. The van der Waals surface area contributed by atoms with Gasteiger partial charge in [-0.25, -0.2) is 17.2 Å². The topological polar surface area (TPSA) is 40.6 Å². The highest BCUT2D eigenvalue weighted by Gasteiger charge is 2.31. The Balaban J connectivity index is 2.23. The van der Waals surface area contributed by atoms with Crippen molar-refractivity contribution in [1.29, 1.82) is 0 Å². The highest BCUT2D eigenvalue weighted by molar-refractivity contribution is 7.99. The van der Waals surface area contributed by atoms with Crippen LogP contribution < -0.4 is 0 Å². The van der Waals surface area contributed by atoms with E-state index in [2.05, 4.69) is 0 Å². The zero-order valence-corrected chi connectivity index (χ0v) is 15.0. The van der Waals surface area contributed by atoms with Crippen LogP contribution >= 0.6 is 11.8 Å². The molecule has 1 unspecified atom stereocenters. The second kappa shape index (κ2) is 7.92. The third-order valence-corrected chi connectivity index (χ3v) is 6.68. The lowest BCUT2D eigenvalue weighted by Crippen LogP contribution is -2.47. The fraction of sp³-hybridized carbons (Fsp3) is 0.600. The van der Waals surface area contributed by atoms with Gasteiger partial charge in [0.25, 0.3) is 0 Å². The molecule has 130 valence electrons. The van der Waals surface area contributed by atoms with E-state index in [4.69, 9.17) is 0 Å². The van der Waals surface area contributed by atoms with Crippen molar-refractivity contribution in [3.63, 3.8) is 0 Å². The summed E-state index contributed by atoms with van der Waals surface area (Å²) < 4.78 is 53.7. The van der Waals surface area contributed by atoms with E-state index < -0.39 is 21.7 Å². The first kappa shape index (κ1) is 18.6. The molecule has 0 aromatic heterocycles. The molecule has 1 saturated heterocycles. The summed E-state index contributed by atoms with van der Waals surface area (Å²) in [6, 6.07) is 2.77. The lowest BCUT2D eigenvalue weighted by Gasteiger charge is -2.30. The largest absolute Gasteiger partial charge is 0.308 e. The Bertz CT molecular complexity index is 618. The van der Waals surface area contributed by atoms with Crippen LogP contribution in [0.3, 0.4) is 0 Å².